The van der Waals surface area contributed by atoms with Crippen LogP contribution >= 0.6 is 0 Å². The summed E-state index contributed by atoms with van der Waals surface area (Å²) in [6.45, 7) is 8.49. The lowest BCUT2D eigenvalue weighted by Gasteiger charge is -2.21. The van der Waals surface area contributed by atoms with Crippen molar-refractivity contribution in [1.29, 1.82) is 0 Å². The van der Waals surface area contributed by atoms with Gasteiger partial charge in [-0.3, -0.25) is 0 Å². The average Bonchev–Trinajstić information content (AvgIpc) is 2.58. The Labute approximate surface area is 133 Å². The molecule has 0 saturated carbocycles. The second kappa shape index (κ2) is 8.44. The highest BCUT2D eigenvalue weighted by Crippen LogP contribution is 2.14. The molecule has 0 atom stereocenters. The number of benzene rings is 2. The predicted molar refractivity (Wildman–Crippen MR) is 92.3 cm³/mol. The molecular weight excluding hydrogens is 272 g/mol. The molecule has 22 heavy (non-hydrogen) atoms. The molecule has 0 aromatic heterocycles. The summed E-state index contributed by atoms with van der Waals surface area (Å²) in [4.78, 5) is 2.37. The van der Waals surface area contributed by atoms with Crippen LogP contribution < -0.4 is 15.0 Å². The standard InChI is InChI=1S/C19H26N2O/c1-4-21(5-2)18-10-6-16(7-11-18)14-20-15-17-8-12-19(22-3)13-9-17/h6-13,20H,4-5,14-15H2,1-3H3/p+1. The van der Waals surface area contributed by atoms with Gasteiger partial charge in [0.1, 0.15) is 18.8 Å². The summed E-state index contributed by atoms with van der Waals surface area (Å²) >= 11 is 0. The van der Waals surface area contributed by atoms with Gasteiger partial charge >= 0.3 is 0 Å². The molecular formula is C19H27N2O+. The maximum absolute atomic E-state index is 5.18. The number of hydrogen-bond donors (Lipinski definition) is 1. The van der Waals surface area contributed by atoms with Gasteiger partial charge in [-0.1, -0.05) is 12.1 Å². The van der Waals surface area contributed by atoms with E-state index in [4.69, 9.17) is 4.74 Å². The molecule has 0 aliphatic rings. The third kappa shape index (κ3) is 4.50. The van der Waals surface area contributed by atoms with E-state index >= 15 is 0 Å². The number of anilines is 1. The van der Waals surface area contributed by atoms with Crippen molar-refractivity contribution in [3.05, 3.63) is 59.7 Å². The summed E-state index contributed by atoms with van der Waals surface area (Å²) in [6, 6.07) is 17.2. The lowest BCUT2D eigenvalue weighted by Crippen LogP contribution is -2.80. The van der Waals surface area contributed by atoms with Crippen LogP contribution in [0, 0.1) is 0 Å². The van der Waals surface area contributed by atoms with E-state index in [9.17, 15) is 0 Å². The van der Waals surface area contributed by atoms with Crippen LogP contribution in [0.4, 0.5) is 5.69 Å². The summed E-state index contributed by atoms with van der Waals surface area (Å²) in [6.07, 6.45) is 0. The van der Waals surface area contributed by atoms with E-state index in [1.807, 2.05) is 12.1 Å². The van der Waals surface area contributed by atoms with E-state index in [2.05, 4.69) is 60.5 Å². The van der Waals surface area contributed by atoms with Crippen LogP contribution in [0.15, 0.2) is 48.5 Å². The molecule has 2 aromatic carbocycles. The first-order chi connectivity index (χ1) is 10.8. The molecule has 0 radical (unpaired) electrons. The third-order valence-electron chi connectivity index (χ3n) is 3.98. The second-order valence-corrected chi connectivity index (χ2v) is 5.38. The number of nitrogens with zero attached hydrogens (tertiary/aromatic N) is 1. The van der Waals surface area contributed by atoms with Gasteiger partial charge in [-0.15, -0.1) is 0 Å². The van der Waals surface area contributed by atoms with Gasteiger partial charge in [-0.05, 0) is 50.2 Å². The van der Waals surface area contributed by atoms with Crippen molar-refractivity contribution in [3.63, 3.8) is 0 Å². The lowest BCUT2D eigenvalue weighted by atomic mass is 10.1. The van der Waals surface area contributed by atoms with Crippen LogP contribution in [0.25, 0.3) is 0 Å². The van der Waals surface area contributed by atoms with Crippen LogP contribution in [0.1, 0.15) is 25.0 Å². The van der Waals surface area contributed by atoms with Gasteiger partial charge in [0.15, 0.2) is 0 Å². The van der Waals surface area contributed by atoms with Crippen LogP contribution in [0.3, 0.4) is 0 Å². The maximum atomic E-state index is 5.18. The Hall–Kier alpha value is -2.00. The minimum Gasteiger partial charge on any atom is -0.497 e. The summed E-state index contributed by atoms with van der Waals surface area (Å²) in [5.74, 6) is 0.913. The summed E-state index contributed by atoms with van der Waals surface area (Å²) in [5.41, 5.74) is 3.99. The zero-order valence-corrected chi connectivity index (χ0v) is 13.9. The molecule has 0 bridgehead atoms. The lowest BCUT2D eigenvalue weighted by molar-refractivity contribution is -0.686. The minimum atomic E-state index is 0.913. The Balaban J connectivity index is 1.83. The highest BCUT2D eigenvalue weighted by molar-refractivity contribution is 5.47. The van der Waals surface area contributed by atoms with Crippen LogP contribution in [-0.4, -0.2) is 20.2 Å². The zero-order valence-electron chi connectivity index (χ0n) is 13.9. The highest BCUT2D eigenvalue weighted by atomic mass is 16.5. The fourth-order valence-electron chi connectivity index (χ4n) is 2.60. The molecule has 0 aliphatic carbocycles. The molecule has 2 N–H and O–H groups in total. The minimum absolute atomic E-state index is 0.913. The van der Waals surface area contributed by atoms with Crippen LogP contribution in [0.2, 0.25) is 0 Å². The quantitative estimate of drug-likeness (QED) is 0.812. The first kappa shape index (κ1) is 16.4. The molecule has 0 heterocycles. The van der Waals surface area contributed by atoms with E-state index in [0.29, 0.717) is 0 Å². The van der Waals surface area contributed by atoms with E-state index in [-0.39, 0.29) is 0 Å². The molecule has 0 aliphatic heterocycles. The highest BCUT2D eigenvalue weighted by Gasteiger charge is 2.02. The van der Waals surface area contributed by atoms with Crippen molar-refractivity contribution >= 4 is 5.69 Å². The topological polar surface area (TPSA) is 29.1 Å². The van der Waals surface area contributed by atoms with Crippen molar-refractivity contribution in [1.82, 2.24) is 0 Å². The Morgan fingerprint density at radius 3 is 1.77 bits per heavy atom. The Morgan fingerprint density at radius 1 is 0.818 bits per heavy atom. The average molecular weight is 299 g/mol. The maximum Gasteiger partial charge on any atom is 0.118 e. The largest absolute Gasteiger partial charge is 0.497 e. The van der Waals surface area contributed by atoms with Gasteiger partial charge in [-0.2, -0.15) is 0 Å². The molecule has 0 unspecified atom stereocenters. The second-order valence-electron chi connectivity index (χ2n) is 5.38. The molecule has 3 nitrogen and oxygen atoms in total. The van der Waals surface area contributed by atoms with E-state index in [1.54, 1.807) is 7.11 Å². The Kier molecular flexibility index (Phi) is 6.28. The first-order valence-electron chi connectivity index (χ1n) is 8.05. The number of hydrogen-bond acceptors (Lipinski definition) is 2. The SMILES string of the molecule is CCN(CC)c1ccc(C[NH2+]Cc2ccc(OC)cc2)cc1. The Bertz CT molecular complexity index is 545. The fourth-order valence-corrected chi connectivity index (χ4v) is 2.60. The van der Waals surface area contributed by atoms with Gasteiger partial charge in [0.05, 0.1) is 7.11 Å². The molecule has 2 rings (SSSR count). The zero-order chi connectivity index (χ0) is 15.8. The first-order valence-corrected chi connectivity index (χ1v) is 8.05. The van der Waals surface area contributed by atoms with Crippen molar-refractivity contribution in [3.8, 4) is 5.75 Å². The number of ether oxygens (including phenoxy) is 1. The summed E-state index contributed by atoms with van der Waals surface area (Å²) in [7, 11) is 1.70. The monoisotopic (exact) mass is 299 g/mol. The normalized spacial score (nSPS) is 10.5. The van der Waals surface area contributed by atoms with Gasteiger partial charge in [-0.25, -0.2) is 0 Å². The molecule has 0 fully saturated rings. The molecule has 0 amide bonds. The van der Waals surface area contributed by atoms with Gasteiger partial charge in [0, 0.05) is 29.9 Å². The van der Waals surface area contributed by atoms with E-state index < -0.39 is 0 Å². The molecule has 0 saturated heterocycles. The van der Waals surface area contributed by atoms with Gasteiger partial charge in [0.25, 0.3) is 0 Å². The fraction of sp³-hybridized carbons (Fsp3) is 0.368. The molecule has 3 heteroatoms. The smallest absolute Gasteiger partial charge is 0.118 e. The predicted octanol–water partition coefficient (Wildman–Crippen LogP) is 2.81. The van der Waals surface area contributed by atoms with Crippen molar-refractivity contribution in [2.75, 3.05) is 25.1 Å². The third-order valence-corrected chi connectivity index (χ3v) is 3.98. The number of rotatable bonds is 8. The number of methoxy groups -OCH3 is 1. The van der Waals surface area contributed by atoms with Crippen molar-refractivity contribution in [2.24, 2.45) is 0 Å². The van der Waals surface area contributed by atoms with Gasteiger partial charge in [0.2, 0.25) is 0 Å². The summed E-state index contributed by atoms with van der Waals surface area (Å²) in [5, 5.41) is 2.33. The van der Waals surface area contributed by atoms with Gasteiger partial charge < -0.3 is 15.0 Å². The van der Waals surface area contributed by atoms with E-state index in [1.165, 1.54) is 16.8 Å². The van der Waals surface area contributed by atoms with Crippen molar-refractivity contribution < 1.29 is 10.1 Å². The molecule has 118 valence electrons. The number of quaternary nitrogens is 1. The number of nitrogens with two attached hydrogens (primary N) is 1. The molecule has 2 aromatic rings. The van der Waals surface area contributed by atoms with Crippen LogP contribution in [0.5, 0.6) is 5.75 Å². The van der Waals surface area contributed by atoms with Crippen molar-refractivity contribution in [2.45, 2.75) is 26.9 Å². The Morgan fingerprint density at radius 2 is 1.32 bits per heavy atom. The van der Waals surface area contributed by atoms with E-state index in [0.717, 1.165) is 31.9 Å². The molecule has 0 spiro atoms. The van der Waals surface area contributed by atoms with Crippen LogP contribution in [-0.2, 0) is 13.1 Å². The summed E-state index contributed by atoms with van der Waals surface area (Å²) < 4.78 is 5.18.